The van der Waals surface area contributed by atoms with Crippen molar-refractivity contribution < 1.29 is 9.59 Å². The lowest BCUT2D eigenvalue weighted by molar-refractivity contribution is -0.137. The first-order valence-corrected chi connectivity index (χ1v) is 7.84. The van der Waals surface area contributed by atoms with Crippen LogP contribution in [0.4, 0.5) is 5.69 Å². The second kappa shape index (κ2) is 6.24. The number of amides is 2. The molecule has 1 fully saturated rings. The Balaban J connectivity index is 1.75. The molecule has 1 saturated heterocycles. The van der Waals surface area contributed by atoms with Gasteiger partial charge < -0.3 is 0 Å². The molecule has 2 aromatic carbocycles. The van der Waals surface area contributed by atoms with E-state index in [0.29, 0.717) is 5.92 Å². The van der Waals surface area contributed by atoms with E-state index < -0.39 is 5.92 Å². The predicted molar refractivity (Wildman–Crippen MR) is 89.8 cm³/mol. The Morgan fingerprint density at radius 1 is 1.00 bits per heavy atom. The molecule has 0 aromatic heterocycles. The highest BCUT2D eigenvalue weighted by Gasteiger charge is 2.39. The Hall–Kier alpha value is -2.62. The fourth-order valence-electron chi connectivity index (χ4n) is 2.77. The van der Waals surface area contributed by atoms with E-state index in [0.717, 1.165) is 16.3 Å². The van der Waals surface area contributed by atoms with Gasteiger partial charge in [0.15, 0.2) is 0 Å². The van der Waals surface area contributed by atoms with Crippen LogP contribution in [0.15, 0.2) is 54.6 Å². The lowest BCUT2D eigenvalue weighted by Gasteiger charge is -2.18. The zero-order valence-electron chi connectivity index (χ0n) is 13.3. The molecule has 1 N–H and O–H groups in total. The number of rotatable bonds is 4. The van der Waals surface area contributed by atoms with E-state index in [4.69, 9.17) is 0 Å². The molecule has 3 rings (SSSR count). The second-order valence-corrected chi connectivity index (χ2v) is 6.12. The van der Waals surface area contributed by atoms with Crippen LogP contribution in [0, 0.1) is 0 Å². The summed E-state index contributed by atoms with van der Waals surface area (Å²) in [6, 6.07) is 17.2. The maximum atomic E-state index is 12.5. The molecule has 2 aromatic rings. The normalized spacial score (nSPS) is 17.9. The number of carbonyl (C=O) groups is 2. The summed E-state index contributed by atoms with van der Waals surface area (Å²) in [6.07, 6.45) is 0.208. The van der Waals surface area contributed by atoms with Crippen LogP contribution in [-0.4, -0.2) is 16.8 Å². The zero-order chi connectivity index (χ0) is 16.4. The van der Waals surface area contributed by atoms with Gasteiger partial charge in [-0.25, -0.2) is 0 Å². The van der Waals surface area contributed by atoms with Crippen molar-refractivity contribution >= 4 is 17.5 Å². The first-order valence-electron chi connectivity index (χ1n) is 7.84. The molecule has 0 spiro atoms. The number of nitrogens with zero attached hydrogens (tertiary/aromatic N) is 1. The summed E-state index contributed by atoms with van der Waals surface area (Å²) in [7, 11) is 0. The summed E-state index contributed by atoms with van der Waals surface area (Å²) in [5.41, 5.74) is 5.78. The molecule has 1 aliphatic rings. The van der Waals surface area contributed by atoms with Crippen LogP contribution in [0.5, 0.6) is 0 Å². The van der Waals surface area contributed by atoms with Gasteiger partial charge in [-0.15, -0.1) is 0 Å². The molecule has 1 atom stereocenters. The van der Waals surface area contributed by atoms with Gasteiger partial charge in [0.1, 0.15) is 0 Å². The first-order chi connectivity index (χ1) is 11.1. The van der Waals surface area contributed by atoms with Crippen molar-refractivity contribution in [3.63, 3.8) is 0 Å². The van der Waals surface area contributed by atoms with Crippen LogP contribution in [0.3, 0.4) is 0 Å². The van der Waals surface area contributed by atoms with Gasteiger partial charge in [-0.2, -0.15) is 5.01 Å². The summed E-state index contributed by atoms with van der Waals surface area (Å²) in [6.45, 7) is 4.25. The third kappa shape index (κ3) is 3.11. The van der Waals surface area contributed by atoms with Crippen molar-refractivity contribution in [1.29, 1.82) is 0 Å². The average molecular weight is 308 g/mol. The molecule has 0 unspecified atom stereocenters. The number of hydrogen-bond acceptors (Lipinski definition) is 3. The van der Waals surface area contributed by atoms with Crippen LogP contribution in [0.2, 0.25) is 0 Å². The molecule has 118 valence electrons. The number of benzene rings is 2. The van der Waals surface area contributed by atoms with Gasteiger partial charge in [0.25, 0.3) is 5.91 Å². The molecule has 4 heteroatoms. The van der Waals surface area contributed by atoms with Crippen LogP contribution >= 0.6 is 0 Å². The highest BCUT2D eigenvalue weighted by molar-refractivity contribution is 6.07. The summed E-state index contributed by atoms with van der Waals surface area (Å²) in [5.74, 6) is -0.348. The van der Waals surface area contributed by atoms with E-state index >= 15 is 0 Å². The third-order valence-corrected chi connectivity index (χ3v) is 4.17. The van der Waals surface area contributed by atoms with E-state index in [9.17, 15) is 9.59 Å². The quantitative estimate of drug-likeness (QED) is 0.877. The zero-order valence-corrected chi connectivity index (χ0v) is 13.3. The Morgan fingerprint density at radius 2 is 1.65 bits per heavy atom. The minimum atomic E-state index is -0.397. The molecule has 1 heterocycles. The van der Waals surface area contributed by atoms with Crippen LogP contribution in [0.25, 0.3) is 0 Å². The van der Waals surface area contributed by atoms with Gasteiger partial charge in [0.2, 0.25) is 5.91 Å². The third-order valence-electron chi connectivity index (χ3n) is 4.17. The molecule has 0 saturated carbocycles. The Morgan fingerprint density at radius 3 is 2.26 bits per heavy atom. The SMILES string of the molecule is CC(C)c1ccc(NN2C(=O)C[C@@H](c3ccccc3)C2=O)cc1. The summed E-state index contributed by atoms with van der Waals surface area (Å²) in [5, 5.41) is 1.14. The topological polar surface area (TPSA) is 49.4 Å². The van der Waals surface area contributed by atoms with Crippen molar-refractivity contribution in [2.45, 2.75) is 32.1 Å². The van der Waals surface area contributed by atoms with Gasteiger partial charge in [-0.05, 0) is 29.2 Å². The lowest BCUT2D eigenvalue weighted by Crippen LogP contribution is -2.35. The Kier molecular flexibility index (Phi) is 4.15. The standard InChI is InChI=1S/C19H20N2O2/c1-13(2)14-8-10-16(11-9-14)20-21-18(22)12-17(19(21)23)15-6-4-3-5-7-15/h3-11,13,17,20H,12H2,1-2H3/t17-/m0/s1. The molecule has 2 amide bonds. The van der Waals surface area contributed by atoms with E-state index in [1.807, 2.05) is 54.6 Å². The molecular weight excluding hydrogens is 288 g/mol. The largest absolute Gasteiger partial charge is 0.289 e. The second-order valence-electron chi connectivity index (χ2n) is 6.12. The maximum Gasteiger partial charge on any atom is 0.256 e. The number of imide groups is 1. The molecule has 0 radical (unpaired) electrons. The van der Waals surface area contributed by atoms with Crippen LogP contribution < -0.4 is 5.43 Å². The highest BCUT2D eigenvalue weighted by atomic mass is 16.2. The van der Waals surface area contributed by atoms with Crippen molar-refractivity contribution in [2.75, 3.05) is 5.43 Å². The van der Waals surface area contributed by atoms with Crippen molar-refractivity contribution in [3.8, 4) is 0 Å². The summed E-state index contributed by atoms with van der Waals surface area (Å²) >= 11 is 0. The summed E-state index contributed by atoms with van der Waals surface area (Å²) in [4.78, 5) is 24.7. The maximum absolute atomic E-state index is 12.5. The lowest BCUT2D eigenvalue weighted by atomic mass is 9.98. The van der Waals surface area contributed by atoms with E-state index in [2.05, 4.69) is 19.3 Å². The minimum absolute atomic E-state index is 0.197. The number of carbonyl (C=O) groups excluding carboxylic acids is 2. The Bertz CT molecular complexity index is 708. The number of anilines is 1. The van der Waals surface area contributed by atoms with Gasteiger partial charge in [0.05, 0.1) is 11.6 Å². The smallest absolute Gasteiger partial charge is 0.256 e. The van der Waals surface area contributed by atoms with Gasteiger partial charge >= 0.3 is 0 Å². The monoisotopic (exact) mass is 308 g/mol. The van der Waals surface area contributed by atoms with Crippen LogP contribution in [0.1, 0.15) is 43.2 Å². The van der Waals surface area contributed by atoms with Gasteiger partial charge in [-0.3, -0.25) is 15.0 Å². The minimum Gasteiger partial charge on any atom is -0.289 e. The summed E-state index contributed by atoms with van der Waals surface area (Å²) < 4.78 is 0. The molecule has 23 heavy (non-hydrogen) atoms. The van der Waals surface area contributed by atoms with E-state index in [1.54, 1.807) is 0 Å². The molecule has 0 bridgehead atoms. The number of hydrogen-bond donors (Lipinski definition) is 1. The van der Waals surface area contributed by atoms with Crippen molar-refractivity contribution in [1.82, 2.24) is 5.01 Å². The fourth-order valence-corrected chi connectivity index (χ4v) is 2.77. The van der Waals surface area contributed by atoms with E-state index in [1.165, 1.54) is 5.56 Å². The number of nitrogens with one attached hydrogen (secondary N) is 1. The molecule has 1 aliphatic heterocycles. The Labute approximate surface area is 136 Å². The fraction of sp³-hybridized carbons (Fsp3) is 0.263. The first kappa shape index (κ1) is 15.3. The molecule has 0 aliphatic carbocycles. The molecule has 4 nitrogen and oxygen atoms in total. The van der Waals surface area contributed by atoms with Crippen molar-refractivity contribution in [2.24, 2.45) is 0 Å². The van der Waals surface area contributed by atoms with Crippen molar-refractivity contribution in [3.05, 3.63) is 65.7 Å². The molecular formula is C19H20N2O2. The average Bonchev–Trinajstić information content (AvgIpc) is 2.84. The van der Waals surface area contributed by atoms with E-state index in [-0.39, 0.29) is 18.2 Å². The van der Waals surface area contributed by atoms with Gasteiger partial charge in [-0.1, -0.05) is 56.3 Å². The highest BCUT2D eigenvalue weighted by Crippen LogP contribution is 2.30. The van der Waals surface area contributed by atoms with Gasteiger partial charge in [0, 0.05) is 6.42 Å². The number of hydrazine groups is 1. The predicted octanol–water partition coefficient (Wildman–Crippen LogP) is 3.68. The van der Waals surface area contributed by atoms with Crippen LogP contribution in [-0.2, 0) is 9.59 Å².